The summed E-state index contributed by atoms with van der Waals surface area (Å²) in [6.07, 6.45) is -0.373. The monoisotopic (exact) mass is 398 g/mol. The molecule has 1 atom stereocenters. The van der Waals surface area contributed by atoms with Gasteiger partial charge in [0.1, 0.15) is 12.8 Å². The Hall–Kier alpha value is -1.31. The molecule has 0 spiro atoms. The van der Waals surface area contributed by atoms with Crippen LogP contribution in [0, 0.1) is 6.92 Å². The molecular weight excluding hydrogens is 375 g/mol. The van der Waals surface area contributed by atoms with Gasteiger partial charge in [-0.2, -0.15) is 0 Å². The number of aliphatic hydroxyl groups is 1. The molecule has 1 unspecified atom stereocenters. The van der Waals surface area contributed by atoms with E-state index in [0.717, 1.165) is 44.1 Å². The first-order valence-corrected chi connectivity index (χ1v) is 9.49. The molecular formula is C18H24Cl2N4O2. The number of hydrogen-bond donors (Lipinski definition) is 1. The molecule has 1 aliphatic heterocycles. The molecule has 142 valence electrons. The van der Waals surface area contributed by atoms with Crippen molar-refractivity contribution >= 4 is 23.2 Å². The van der Waals surface area contributed by atoms with Gasteiger partial charge in [-0.15, -0.1) is 5.10 Å². The molecule has 0 bridgehead atoms. The number of ether oxygens (including phenoxy) is 1. The predicted octanol–water partition coefficient (Wildman–Crippen LogP) is 2.82. The molecule has 1 aromatic heterocycles. The minimum absolute atomic E-state index is 0.373. The summed E-state index contributed by atoms with van der Waals surface area (Å²) in [6.45, 7) is 8.82. The van der Waals surface area contributed by atoms with Crippen LogP contribution in [0.1, 0.15) is 12.6 Å². The van der Waals surface area contributed by atoms with Gasteiger partial charge in [-0.25, -0.2) is 4.68 Å². The lowest BCUT2D eigenvalue weighted by molar-refractivity contribution is -0.0144. The van der Waals surface area contributed by atoms with Crippen LogP contribution in [0.25, 0.3) is 5.69 Å². The van der Waals surface area contributed by atoms with Crippen LogP contribution in [0.4, 0.5) is 0 Å². The summed E-state index contributed by atoms with van der Waals surface area (Å²) in [4.78, 5) is 4.40. The highest BCUT2D eigenvalue weighted by molar-refractivity contribution is 6.42. The fourth-order valence-corrected chi connectivity index (χ4v) is 3.33. The van der Waals surface area contributed by atoms with Crippen molar-refractivity contribution in [2.75, 3.05) is 39.3 Å². The molecule has 0 aliphatic carbocycles. The van der Waals surface area contributed by atoms with Crippen molar-refractivity contribution < 1.29 is 9.84 Å². The Balaban J connectivity index is 1.53. The Labute approximate surface area is 163 Å². The van der Waals surface area contributed by atoms with E-state index in [1.54, 1.807) is 16.8 Å². The number of aromatic nitrogens is 2. The number of halogens is 2. The first-order chi connectivity index (χ1) is 12.4. The van der Waals surface area contributed by atoms with E-state index in [4.69, 9.17) is 27.9 Å². The van der Waals surface area contributed by atoms with Crippen molar-refractivity contribution in [1.82, 2.24) is 19.6 Å². The van der Waals surface area contributed by atoms with E-state index in [1.165, 1.54) is 0 Å². The van der Waals surface area contributed by atoms with Gasteiger partial charge in [-0.1, -0.05) is 23.2 Å². The van der Waals surface area contributed by atoms with Crippen molar-refractivity contribution in [2.45, 2.75) is 20.1 Å². The standard InChI is InChI=1S/C18H24Cl2N4O2/c1-13-11-18(21-24(13)15-3-4-16(19)17(20)12-15)26-10-9-22-5-7-23(8-6-22)14(2)25/h3-4,11-12,14,25H,5-10H2,1-2H3. The van der Waals surface area contributed by atoms with Crippen LogP contribution in [-0.4, -0.2) is 70.2 Å². The molecule has 8 heteroatoms. The van der Waals surface area contributed by atoms with Gasteiger partial charge < -0.3 is 9.84 Å². The zero-order chi connectivity index (χ0) is 18.7. The molecule has 0 radical (unpaired) electrons. The summed E-state index contributed by atoms with van der Waals surface area (Å²) in [5.41, 5.74) is 1.81. The zero-order valence-electron chi connectivity index (χ0n) is 15.0. The average Bonchev–Trinajstić information content (AvgIpc) is 2.98. The zero-order valence-corrected chi connectivity index (χ0v) is 16.5. The molecule has 26 heavy (non-hydrogen) atoms. The highest BCUT2D eigenvalue weighted by Gasteiger charge is 2.19. The number of aryl methyl sites for hydroxylation is 1. The fourth-order valence-electron chi connectivity index (χ4n) is 3.03. The lowest BCUT2D eigenvalue weighted by Gasteiger charge is -2.35. The van der Waals surface area contributed by atoms with Crippen LogP contribution in [0.3, 0.4) is 0 Å². The summed E-state index contributed by atoms with van der Waals surface area (Å²) >= 11 is 12.1. The third-order valence-electron chi connectivity index (χ3n) is 4.61. The van der Waals surface area contributed by atoms with Gasteiger partial charge in [-0.3, -0.25) is 9.80 Å². The summed E-state index contributed by atoms with van der Waals surface area (Å²) in [6, 6.07) is 7.33. The van der Waals surface area contributed by atoms with Crippen LogP contribution < -0.4 is 4.74 Å². The van der Waals surface area contributed by atoms with Gasteiger partial charge in [0, 0.05) is 44.5 Å². The summed E-state index contributed by atoms with van der Waals surface area (Å²) in [5.74, 6) is 0.594. The van der Waals surface area contributed by atoms with E-state index in [1.807, 2.05) is 26.0 Å². The number of piperazine rings is 1. The van der Waals surface area contributed by atoms with E-state index in [-0.39, 0.29) is 6.23 Å². The molecule has 1 N–H and O–H groups in total. The van der Waals surface area contributed by atoms with Gasteiger partial charge in [-0.05, 0) is 32.0 Å². The first-order valence-electron chi connectivity index (χ1n) is 8.73. The third kappa shape index (κ3) is 4.69. The minimum atomic E-state index is -0.373. The molecule has 0 saturated carbocycles. The Morgan fingerprint density at radius 2 is 1.88 bits per heavy atom. The summed E-state index contributed by atoms with van der Waals surface area (Å²) < 4.78 is 7.61. The van der Waals surface area contributed by atoms with Gasteiger partial charge in [0.25, 0.3) is 0 Å². The molecule has 6 nitrogen and oxygen atoms in total. The number of aliphatic hydroxyl groups excluding tert-OH is 1. The highest BCUT2D eigenvalue weighted by atomic mass is 35.5. The van der Waals surface area contributed by atoms with Crippen molar-refractivity contribution in [2.24, 2.45) is 0 Å². The minimum Gasteiger partial charge on any atom is -0.475 e. The summed E-state index contributed by atoms with van der Waals surface area (Å²) in [7, 11) is 0. The maximum absolute atomic E-state index is 9.60. The Morgan fingerprint density at radius 3 is 2.54 bits per heavy atom. The molecule has 2 heterocycles. The van der Waals surface area contributed by atoms with E-state index < -0.39 is 0 Å². The van der Waals surface area contributed by atoms with Gasteiger partial charge in [0.15, 0.2) is 0 Å². The second kappa shape index (κ2) is 8.59. The normalized spacial score (nSPS) is 17.4. The van der Waals surface area contributed by atoms with Gasteiger partial charge in [0.05, 0.1) is 15.7 Å². The molecule has 2 aromatic rings. The van der Waals surface area contributed by atoms with Crippen molar-refractivity contribution in [1.29, 1.82) is 0 Å². The van der Waals surface area contributed by atoms with Crippen LogP contribution in [0.2, 0.25) is 10.0 Å². The maximum Gasteiger partial charge on any atom is 0.233 e. The number of hydrogen-bond acceptors (Lipinski definition) is 5. The molecule has 1 aliphatic rings. The Kier molecular flexibility index (Phi) is 6.42. The fraction of sp³-hybridized carbons (Fsp3) is 0.500. The van der Waals surface area contributed by atoms with E-state index >= 15 is 0 Å². The predicted molar refractivity (Wildman–Crippen MR) is 104 cm³/mol. The van der Waals surface area contributed by atoms with Crippen molar-refractivity contribution in [3.8, 4) is 11.6 Å². The van der Waals surface area contributed by atoms with Crippen molar-refractivity contribution in [3.63, 3.8) is 0 Å². The molecule has 3 rings (SSSR count). The maximum atomic E-state index is 9.60. The number of rotatable bonds is 6. The first kappa shape index (κ1) is 19.5. The SMILES string of the molecule is Cc1cc(OCCN2CCN(C(C)O)CC2)nn1-c1ccc(Cl)c(Cl)c1. The van der Waals surface area contributed by atoms with Crippen LogP contribution >= 0.6 is 23.2 Å². The Morgan fingerprint density at radius 1 is 1.15 bits per heavy atom. The third-order valence-corrected chi connectivity index (χ3v) is 5.34. The number of nitrogens with zero attached hydrogens (tertiary/aromatic N) is 4. The largest absolute Gasteiger partial charge is 0.475 e. The smallest absolute Gasteiger partial charge is 0.233 e. The lowest BCUT2D eigenvalue weighted by Crippen LogP contribution is -2.50. The molecule has 1 fully saturated rings. The Bertz CT molecular complexity index is 743. The quantitative estimate of drug-likeness (QED) is 0.810. The van der Waals surface area contributed by atoms with E-state index in [9.17, 15) is 5.11 Å². The van der Waals surface area contributed by atoms with E-state index in [2.05, 4.69) is 14.9 Å². The topological polar surface area (TPSA) is 53.8 Å². The van der Waals surface area contributed by atoms with Crippen LogP contribution in [0.15, 0.2) is 24.3 Å². The van der Waals surface area contributed by atoms with Crippen LogP contribution in [0.5, 0.6) is 5.88 Å². The van der Waals surface area contributed by atoms with Gasteiger partial charge in [0.2, 0.25) is 5.88 Å². The van der Waals surface area contributed by atoms with Crippen molar-refractivity contribution in [3.05, 3.63) is 40.0 Å². The summed E-state index contributed by atoms with van der Waals surface area (Å²) in [5, 5.41) is 15.1. The van der Waals surface area contributed by atoms with Crippen LogP contribution in [-0.2, 0) is 0 Å². The highest BCUT2D eigenvalue weighted by Crippen LogP contribution is 2.25. The lowest BCUT2D eigenvalue weighted by atomic mass is 10.3. The van der Waals surface area contributed by atoms with E-state index in [0.29, 0.717) is 22.5 Å². The molecule has 1 aromatic carbocycles. The molecule has 1 saturated heterocycles. The number of benzene rings is 1. The van der Waals surface area contributed by atoms with Gasteiger partial charge >= 0.3 is 0 Å². The molecule has 0 amide bonds. The average molecular weight is 399 g/mol. The second-order valence-electron chi connectivity index (χ2n) is 6.49. The second-order valence-corrected chi connectivity index (χ2v) is 7.31.